The van der Waals surface area contributed by atoms with Crippen molar-refractivity contribution in [2.75, 3.05) is 13.2 Å². The predicted molar refractivity (Wildman–Crippen MR) is 129 cm³/mol. The van der Waals surface area contributed by atoms with Crippen LogP contribution in [0, 0.1) is 0 Å². The van der Waals surface area contributed by atoms with E-state index in [1.165, 1.54) is 0 Å². The number of ether oxygens (including phenoxy) is 3. The lowest BCUT2D eigenvalue weighted by Crippen LogP contribution is -2.35. The zero-order valence-electron chi connectivity index (χ0n) is 18.3. The van der Waals surface area contributed by atoms with E-state index in [0.717, 1.165) is 28.0 Å². The minimum absolute atomic E-state index is 0.493. The Hall–Kier alpha value is -3.89. The third kappa shape index (κ3) is 4.52. The molecular formula is C29H25NO3. The molecule has 0 bridgehead atoms. The van der Waals surface area contributed by atoms with E-state index in [4.69, 9.17) is 19.2 Å². The number of rotatable bonds is 8. The maximum Gasteiger partial charge on any atom is 0.307 e. The van der Waals surface area contributed by atoms with Crippen LogP contribution >= 0.6 is 0 Å². The molecule has 1 aliphatic heterocycles. The van der Waals surface area contributed by atoms with Gasteiger partial charge in [-0.05, 0) is 23.8 Å². The van der Waals surface area contributed by atoms with Gasteiger partial charge >= 0.3 is 5.79 Å². The van der Waals surface area contributed by atoms with Crippen molar-refractivity contribution >= 4 is 5.90 Å². The predicted octanol–water partition coefficient (Wildman–Crippen LogP) is 5.96. The first-order chi connectivity index (χ1) is 16.4. The first kappa shape index (κ1) is 21.0. The minimum atomic E-state index is -1.11. The van der Waals surface area contributed by atoms with Crippen molar-refractivity contribution in [3.63, 3.8) is 0 Å². The molecule has 0 saturated carbocycles. The summed E-state index contributed by atoms with van der Waals surface area (Å²) in [5, 5.41) is 0. The number of hydrogen-bond donors (Lipinski definition) is 0. The van der Waals surface area contributed by atoms with Gasteiger partial charge in [0.05, 0.1) is 25.3 Å². The van der Waals surface area contributed by atoms with Crippen LogP contribution in [-0.2, 0) is 21.9 Å². The average molecular weight is 436 g/mol. The molecule has 164 valence electrons. The quantitative estimate of drug-likeness (QED) is 0.321. The Bertz CT molecular complexity index is 1210. The van der Waals surface area contributed by atoms with Gasteiger partial charge < -0.3 is 14.2 Å². The van der Waals surface area contributed by atoms with Crippen LogP contribution in [0.5, 0.6) is 5.75 Å². The van der Waals surface area contributed by atoms with E-state index in [0.29, 0.717) is 25.7 Å². The second-order valence-corrected chi connectivity index (χ2v) is 7.77. The topological polar surface area (TPSA) is 40.0 Å². The van der Waals surface area contributed by atoms with Gasteiger partial charge in [-0.2, -0.15) is 0 Å². The highest BCUT2D eigenvalue weighted by molar-refractivity contribution is 5.99. The molecule has 1 atom stereocenters. The van der Waals surface area contributed by atoms with Gasteiger partial charge in [-0.15, -0.1) is 0 Å². The Morgan fingerprint density at radius 1 is 0.697 bits per heavy atom. The normalized spacial score (nSPS) is 18.0. The molecular weight excluding hydrogens is 410 g/mol. The number of fused-ring (bicyclic) bond motifs is 1. The third-order valence-electron chi connectivity index (χ3n) is 5.51. The van der Waals surface area contributed by atoms with Gasteiger partial charge in [-0.1, -0.05) is 97.1 Å². The van der Waals surface area contributed by atoms with E-state index in [9.17, 15) is 0 Å². The summed E-state index contributed by atoms with van der Waals surface area (Å²) in [4.78, 5) is 4.75. The van der Waals surface area contributed by atoms with E-state index in [1.807, 2.05) is 103 Å². The first-order valence-electron chi connectivity index (χ1n) is 11.1. The van der Waals surface area contributed by atoms with Crippen LogP contribution in [0.15, 0.2) is 120 Å². The molecule has 0 spiro atoms. The molecule has 33 heavy (non-hydrogen) atoms. The largest absolute Gasteiger partial charge is 0.444 e. The van der Waals surface area contributed by atoms with Crippen molar-refractivity contribution in [1.82, 2.24) is 0 Å². The highest BCUT2D eigenvalue weighted by Crippen LogP contribution is 2.43. The number of benzene rings is 4. The fourth-order valence-corrected chi connectivity index (χ4v) is 3.96. The molecule has 0 radical (unpaired) electrons. The smallest absolute Gasteiger partial charge is 0.307 e. The average Bonchev–Trinajstić information content (AvgIpc) is 3.20. The van der Waals surface area contributed by atoms with Crippen LogP contribution < -0.4 is 4.74 Å². The number of nitrogens with zero attached hydrogens (tertiary/aromatic N) is 1. The standard InChI is InChI=1S/C29H25NO3/c1-4-12-23(13-5-1)22-31-21-20-30-28-26-18-10-11-19-27(26)29(33-28,24-14-6-2-7-15-24)32-25-16-8-3-9-17-25/h1-19H,20-22H2. The zero-order chi connectivity index (χ0) is 22.3. The molecule has 4 nitrogen and oxygen atoms in total. The summed E-state index contributed by atoms with van der Waals surface area (Å²) < 4.78 is 18.9. The molecule has 1 unspecified atom stereocenters. The van der Waals surface area contributed by atoms with E-state index in [1.54, 1.807) is 0 Å². The Kier molecular flexibility index (Phi) is 6.18. The van der Waals surface area contributed by atoms with Crippen LogP contribution in [0.3, 0.4) is 0 Å². The zero-order valence-corrected chi connectivity index (χ0v) is 18.3. The molecule has 0 fully saturated rings. The number of hydrogen-bond acceptors (Lipinski definition) is 4. The summed E-state index contributed by atoms with van der Waals surface area (Å²) in [7, 11) is 0. The van der Waals surface area contributed by atoms with E-state index >= 15 is 0 Å². The van der Waals surface area contributed by atoms with E-state index < -0.39 is 5.79 Å². The third-order valence-corrected chi connectivity index (χ3v) is 5.51. The lowest BCUT2D eigenvalue weighted by atomic mass is 9.95. The molecule has 4 aromatic carbocycles. The number of para-hydroxylation sites is 1. The summed E-state index contributed by atoms with van der Waals surface area (Å²) in [5.74, 6) is 0.181. The molecule has 0 aromatic heterocycles. The molecule has 0 amide bonds. The van der Waals surface area contributed by atoms with Gasteiger partial charge in [0.15, 0.2) is 0 Å². The van der Waals surface area contributed by atoms with Crippen LogP contribution in [0.1, 0.15) is 22.3 Å². The summed E-state index contributed by atoms with van der Waals surface area (Å²) in [6.45, 7) is 1.56. The van der Waals surface area contributed by atoms with E-state index in [-0.39, 0.29) is 0 Å². The Morgan fingerprint density at radius 2 is 1.33 bits per heavy atom. The lowest BCUT2D eigenvalue weighted by Gasteiger charge is -2.30. The van der Waals surface area contributed by atoms with Gasteiger partial charge in [0, 0.05) is 11.1 Å². The maximum absolute atomic E-state index is 6.56. The van der Waals surface area contributed by atoms with Gasteiger partial charge in [-0.25, -0.2) is 4.99 Å². The summed E-state index contributed by atoms with van der Waals surface area (Å²) in [6, 6.07) is 37.9. The molecule has 0 saturated heterocycles. The molecule has 1 aliphatic rings. The Labute approximate surface area is 194 Å². The van der Waals surface area contributed by atoms with Crippen molar-refractivity contribution in [2.24, 2.45) is 4.99 Å². The molecule has 4 aromatic rings. The molecule has 4 heteroatoms. The second-order valence-electron chi connectivity index (χ2n) is 7.77. The fourth-order valence-electron chi connectivity index (χ4n) is 3.96. The number of aliphatic imine (C=N–C) groups is 1. The van der Waals surface area contributed by atoms with Crippen LogP contribution in [0.25, 0.3) is 0 Å². The molecule has 0 N–H and O–H groups in total. The van der Waals surface area contributed by atoms with Gasteiger partial charge in [0.1, 0.15) is 5.75 Å². The van der Waals surface area contributed by atoms with Crippen molar-refractivity contribution in [3.8, 4) is 5.75 Å². The highest BCUT2D eigenvalue weighted by atomic mass is 16.7. The fraction of sp³-hybridized carbons (Fsp3) is 0.138. The summed E-state index contributed by atoms with van der Waals surface area (Å²) >= 11 is 0. The Balaban J connectivity index is 1.41. The van der Waals surface area contributed by atoms with Crippen molar-refractivity contribution in [2.45, 2.75) is 12.4 Å². The van der Waals surface area contributed by atoms with Gasteiger partial charge in [0.25, 0.3) is 0 Å². The van der Waals surface area contributed by atoms with Gasteiger partial charge in [0.2, 0.25) is 5.90 Å². The van der Waals surface area contributed by atoms with Crippen LogP contribution in [0.4, 0.5) is 0 Å². The van der Waals surface area contributed by atoms with Crippen LogP contribution in [-0.4, -0.2) is 19.0 Å². The second kappa shape index (κ2) is 9.72. The lowest BCUT2D eigenvalue weighted by molar-refractivity contribution is -0.0848. The molecule has 5 rings (SSSR count). The molecule has 1 heterocycles. The van der Waals surface area contributed by atoms with Gasteiger partial charge in [-0.3, -0.25) is 0 Å². The monoisotopic (exact) mass is 435 g/mol. The van der Waals surface area contributed by atoms with Crippen molar-refractivity contribution in [3.05, 3.63) is 138 Å². The maximum atomic E-state index is 6.56. The van der Waals surface area contributed by atoms with Crippen molar-refractivity contribution < 1.29 is 14.2 Å². The first-order valence-corrected chi connectivity index (χ1v) is 11.1. The van der Waals surface area contributed by atoms with Crippen molar-refractivity contribution in [1.29, 1.82) is 0 Å². The summed E-state index contributed by atoms with van der Waals surface area (Å²) in [5.41, 5.74) is 3.92. The van der Waals surface area contributed by atoms with E-state index in [2.05, 4.69) is 12.1 Å². The highest BCUT2D eigenvalue weighted by Gasteiger charge is 2.48. The minimum Gasteiger partial charge on any atom is -0.444 e. The molecule has 0 aliphatic carbocycles. The van der Waals surface area contributed by atoms with Crippen LogP contribution in [0.2, 0.25) is 0 Å². The Morgan fingerprint density at radius 3 is 2.09 bits per heavy atom. The SMILES string of the molecule is c1ccc(COCCN=C2OC(Oc3ccccc3)(c3ccccc3)c3ccccc32)cc1. The summed E-state index contributed by atoms with van der Waals surface area (Å²) in [6.07, 6.45) is 0.